The van der Waals surface area contributed by atoms with Crippen LogP contribution in [0.5, 0.6) is 5.75 Å². The maximum absolute atomic E-state index is 12.6. The number of amides is 1. The number of nitrogens with one attached hydrogen (secondary N) is 1. The second-order valence-corrected chi connectivity index (χ2v) is 7.81. The molecule has 0 bridgehead atoms. The highest BCUT2D eigenvalue weighted by molar-refractivity contribution is 6.33. The molecular weight excluding hydrogens is 360 g/mol. The summed E-state index contributed by atoms with van der Waals surface area (Å²) in [6, 6.07) is 13.0. The number of nitrogens with zero attached hydrogens (tertiary/aromatic N) is 1. The van der Waals surface area contributed by atoms with E-state index in [-0.39, 0.29) is 5.91 Å². The van der Waals surface area contributed by atoms with Crippen LogP contribution in [0.3, 0.4) is 0 Å². The standard InChI is InChI=1S/C22H27ClN2O2/c1-16(2)15-27-19-8-6-7-17(13-19)22(26)24-18-9-10-21(20(23)14-18)25-11-4-3-5-12-25/h6-10,13-14,16H,3-5,11-12,15H2,1-2H3,(H,24,26). The number of carbonyl (C=O) groups is 1. The van der Waals surface area contributed by atoms with Crippen molar-refractivity contribution in [1.29, 1.82) is 0 Å². The fourth-order valence-corrected chi connectivity index (χ4v) is 3.47. The predicted molar refractivity (Wildman–Crippen MR) is 112 cm³/mol. The molecule has 27 heavy (non-hydrogen) atoms. The number of carbonyl (C=O) groups excluding carboxylic acids is 1. The first-order chi connectivity index (χ1) is 13.0. The van der Waals surface area contributed by atoms with Gasteiger partial charge in [-0.3, -0.25) is 4.79 Å². The van der Waals surface area contributed by atoms with Gasteiger partial charge in [0, 0.05) is 24.3 Å². The van der Waals surface area contributed by atoms with Gasteiger partial charge in [-0.25, -0.2) is 0 Å². The molecule has 4 nitrogen and oxygen atoms in total. The van der Waals surface area contributed by atoms with Crippen molar-refractivity contribution < 1.29 is 9.53 Å². The molecule has 144 valence electrons. The van der Waals surface area contributed by atoms with Crippen molar-refractivity contribution in [2.75, 3.05) is 29.9 Å². The molecule has 1 saturated heterocycles. The lowest BCUT2D eigenvalue weighted by atomic mass is 10.1. The van der Waals surface area contributed by atoms with E-state index in [1.165, 1.54) is 19.3 Å². The van der Waals surface area contributed by atoms with E-state index >= 15 is 0 Å². The molecular formula is C22H27ClN2O2. The highest BCUT2D eigenvalue weighted by Gasteiger charge is 2.15. The first-order valence-electron chi connectivity index (χ1n) is 9.61. The van der Waals surface area contributed by atoms with Gasteiger partial charge in [-0.15, -0.1) is 0 Å². The summed E-state index contributed by atoms with van der Waals surface area (Å²) in [6.45, 7) is 6.88. The van der Waals surface area contributed by atoms with Crippen molar-refractivity contribution in [3.8, 4) is 5.75 Å². The van der Waals surface area contributed by atoms with E-state index in [4.69, 9.17) is 16.3 Å². The zero-order chi connectivity index (χ0) is 19.2. The van der Waals surface area contributed by atoms with Gasteiger partial charge in [0.25, 0.3) is 5.91 Å². The van der Waals surface area contributed by atoms with Crippen LogP contribution in [-0.2, 0) is 0 Å². The van der Waals surface area contributed by atoms with Crippen molar-refractivity contribution in [3.05, 3.63) is 53.1 Å². The first kappa shape index (κ1) is 19.6. The summed E-state index contributed by atoms with van der Waals surface area (Å²) in [5.41, 5.74) is 2.30. The number of ether oxygens (including phenoxy) is 1. The third kappa shape index (κ3) is 5.39. The molecule has 5 heteroatoms. The summed E-state index contributed by atoms with van der Waals surface area (Å²) in [7, 11) is 0. The zero-order valence-electron chi connectivity index (χ0n) is 16.0. The number of benzene rings is 2. The average molecular weight is 387 g/mol. The van der Waals surface area contributed by atoms with E-state index in [1.54, 1.807) is 12.1 Å². The van der Waals surface area contributed by atoms with Crippen LogP contribution in [0.25, 0.3) is 0 Å². The van der Waals surface area contributed by atoms with Crippen molar-refractivity contribution in [3.63, 3.8) is 0 Å². The highest BCUT2D eigenvalue weighted by atomic mass is 35.5. The van der Waals surface area contributed by atoms with E-state index < -0.39 is 0 Å². The van der Waals surface area contributed by atoms with Crippen molar-refractivity contribution in [1.82, 2.24) is 0 Å². The summed E-state index contributed by atoms with van der Waals surface area (Å²) in [6.07, 6.45) is 3.68. The number of halogens is 1. The number of hydrogen-bond donors (Lipinski definition) is 1. The molecule has 1 N–H and O–H groups in total. The minimum Gasteiger partial charge on any atom is -0.493 e. The second kappa shape index (κ2) is 9.14. The van der Waals surface area contributed by atoms with E-state index in [1.807, 2.05) is 30.3 Å². The summed E-state index contributed by atoms with van der Waals surface area (Å²) < 4.78 is 5.70. The molecule has 2 aromatic rings. The van der Waals surface area contributed by atoms with Crippen molar-refractivity contribution in [2.45, 2.75) is 33.1 Å². The third-order valence-electron chi connectivity index (χ3n) is 4.58. The van der Waals surface area contributed by atoms with E-state index in [0.29, 0.717) is 34.5 Å². The lowest BCUT2D eigenvalue weighted by molar-refractivity contribution is 0.102. The Morgan fingerprint density at radius 3 is 2.63 bits per heavy atom. The van der Waals surface area contributed by atoms with E-state index in [9.17, 15) is 4.79 Å². The Labute approximate surface area is 166 Å². The number of rotatable bonds is 6. The quantitative estimate of drug-likeness (QED) is 0.700. The molecule has 2 aromatic carbocycles. The Balaban J connectivity index is 1.67. The minimum absolute atomic E-state index is 0.174. The molecule has 0 radical (unpaired) electrons. The second-order valence-electron chi connectivity index (χ2n) is 7.40. The van der Waals surface area contributed by atoms with Crippen LogP contribution in [0.4, 0.5) is 11.4 Å². The SMILES string of the molecule is CC(C)COc1cccc(C(=O)Nc2ccc(N3CCCCC3)c(Cl)c2)c1. The van der Waals surface area contributed by atoms with Gasteiger partial charge in [0.2, 0.25) is 0 Å². The van der Waals surface area contributed by atoms with Gasteiger partial charge in [-0.05, 0) is 61.6 Å². The van der Waals surface area contributed by atoms with Crippen LogP contribution < -0.4 is 15.0 Å². The first-order valence-corrected chi connectivity index (χ1v) is 9.99. The monoisotopic (exact) mass is 386 g/mol. The third-order valence-corrected chi connectivity index (χ3v) is 4.88. The minimum atomic E-state index is -0.174. The maximum atomic E-state index is 12.6. The number of hydrogen-bond acceptors (Lipinski definition) is 3. The Kier molecular flexibility index (Phi) is 6.62. The molecule has 1 amide bonds. The Morgan fingerprint density at radius 1 is 1.15 bits per heavy atom. The molecule has 0 spiro atoms. The van der Waals surface area contributed by atoms with E-state index in [0.717, 1.165) is 18.8 Å². The summed E-state index contributed by atoms with van der Waals surface area (Å²) in [5, 5.41) is 3.59. The molecule has 0 unspecified atom stereocenters. The zero-order valence-corrected chi connectivity index (χ0v) is 16.8. The fourth-order valence-electron chi connectivity index (χ4n) is 3.17. The molecule has 3 rings (SSSR count). The molecule has 1 aliphatic rings. The number of piperidine rings is 1. The van der Waals surface area contributed by atoms with Gasteiger partial charge >= 0.3 is 0 Å². The van der Waals surface area contributed by atoms with Crippen LogP contribution in [-0.4, -0.2) is 25.6 Å². The predicted octanol–water partition coefficient (Wildman–Crippen LogP) is 5.62. The lowest BCUT2D eigenvalue weighted by Crippen LogP contribution is -2.29. The van der Waals surface area contributed by atoms with Crippen LogP contribution in [0.1, 0.15) is 43.5 Å². The normalized spacial score (nSPS) is 14.3. The van der Waals surface area contributed by atoms with E-state index in [2.05, 4.69) is 24.1 Å². The smallest absolute Gasteiger partial charge is 0.255 e. The summed E-state index contributed by atoms with van der Waals surface area (Å²) >= 11 is 6.48. The van der Waals surface area contributed by atoms with Gasteiger partial charge in [0.15, 0.2) is 0 Å². The molecule has 0 saturated carbocycles. The number of anilines is 2. The lowest BCUT2D eigenvalue weighted by Gasteiger charge is -2.29. The topological polar surface area (TPSA) is 41.6 Å². The maximum Gasteiger partial charge on any atom is 0.255 e. The van der Waals surface area contributed by atoms with Crippen molar-refractivity contribution >= 4 is 28.9 Å². The Bertz CT molecular complexity index is 786. The van der Waals surface area contributed by atoms with Crippen LogP contribution in [0.2, 0.25) is 5.02 Å². The highest BCUT2D eigenvalue weighted by Crippen LogP contribution is 2.31. The molecule has 0 aliphatic carbocycles. The summed E-state index contributed by atoms with van der Waals surface area (Å²) in [4.78, 5) is 14.9. The van der Waals surface area contributed by atoms with Gasteiger partial charge in [-0.2, -0.15) is 0 Å². The van der Waals surface area contributed by atoms with Gasteiger partial charge in [0.05, 0.1) is 17.3 Å². The Morgan fingerprint density at radius 2 is 1.93 bits per heavy atom. The van der Waals surface area contributed by atoms with Crippen LogP contribution in [0.15, 0.2) is 42.5 Å². The Hall–Kier alpha value is -2.20. The van der Waals surface area contributed by atoms with Crippen molar-refractivity contribution in [2.24, 2.45) is 5.92 Å². The average Bonchev–Trinajstić information content (AvgIpc) is 2.67. The fraction of sp³-hybridized carbons (Fsp3) is 0.409. The molecule has 1 fully saturated rings. The van der Waals surface area contributed by atoms with Crippen LogP contribution >= 0.6 is 11.6 Å². The van der Waals surface area contributed by atoms with Crippen LogP contribution in [0, 0.1) is 5.92 Å². The molecule has 0 aromatic heterocycles. The molecule has 0 atom stereocenters. The van der Waals surface area contributed by atoms with Gasteiger partial charge < -0.3 is 15.0 Å². The van der Waals surface area contributed by atoms with Gasteiger partial charge in [-0.1, -0.05) is 31.5 Å². The van der Waals surface area contributed by atoms with Gasteiger partial charge in [0.1, 0.15) is 5.75 Å². The summed E-state index contributed by atoms with van der Waals surface area (Å²) in [5.74, 6) is 0.963. The largest absolute Gasteiger partial charge is 0.493 e. The molecule has 1 aliphatic heterocycles. The molecule has 1 heterocycles.